The summed E-state index contributed by atoms with van der Waals surface area (Å²) in [5, 5.41) is 5.10. The third kappa shape index (κ3) is 3.67. The SMILES string of the molecule is COc1ncc2nccc(-c3[nH]c4c(c3Nc3cccc(Cl)c3C(F)(F)F)C(=O)NCC4)c2n1. The van der Waals surface area contributed by atoms with Crippen molar-refractivity contribution in [3.8, 4) is 17.3 Å². The number of benzene rings is 1. The van der Waals surface area contributed by atoms with E-state index in [2.05, 4.69) is 30.6 Å². The molecule has 34 heavy (non-hydrogen) atoms. The number of hydrogen-bond donors (Lipinski definition) is 3. The largest absolute Gasteiger partial charge is 0.467 e. The molecule has 0 saturated heterocycles. The van der Waals surface area contributed by atoms with Gasteiger partial charge in [0, 0.05) is 30.4 Å². The van der Waals surface area contributed by atoms with Gasteiger partial charge in [-0.15, -0.1) is 0 Å². The van der Waals surface area contributed by atoms with Crippen molar-refractivity contribution in [2.75, 3.05) is 19.0 Å². The van der Waals surface area contributed by atoms with Crippen LogP contribution in [0.25, 0.3) is 22.3 Å². The number of alkyl halides is 3. The third-order valence-corrected chi connectivity index (χ3v) is 5.75. The number of amides is 1. The number of carbonyl (C=O) groups is 1. The number of carbonyl (C=O) groups excluding carboxylic acids is 1. The van der Waals surface area contributed by atoms with Gasteiger partial charge in [0.2, 0.25) is 0 Å². The molecule has 8 nitrogen and oxygen atoms in total. The molecule has 4 heterocycles. The molecule has 0 saturated carbocycles. The van der Waals surface area contributed by atoms with Gasteiger partial charge in [-0.25, -0.2) is 4.98 Å². The minimum atomic E-state index is -4.72. The number of H-pyrrole nitrogens is 1. The Labute approximate surface area is 195 Å². The number of methoxy groups -OCH3 is 1. The average Bonchev–Trinajstić information content (AvgIpc) is 3.16. The van der Waals surface area contributed by atoms with Gasteiger partial charge in [0.05, 0.1) is 46.5 Å². The van der Waals surface area contributed by atoms with E-state index >= 15 is 0 Å². The summed E-state index contributed by atoms with van der Waals surface area (Å²) in [6.45, 7) is 0.392. The maximum Gasteiger partial charge on any atom is 0.419 e. The number of halogens is 4. The van der Waals surface area contributed by atoms with Gasteiger partial charge in [-0.05, 0) is 18.2 Å². The molecule has 0 atom stereocenters. The topological polar surface area (TPSA) is 105 Å². The van der Waals surface area contributed by atoms with Gasteiger partial charge in [-0.2, -0.15) is 18.2 Å². The third-order valence-electron chi connectivity index (χ3n) is 5.43. The quantitative estimate of drug-likeness (QED) is 0.383. The lowest BCUT2D eigenvalue weighted by Gasteiger charge is -2.19. The van der Waals surface area contributed by atoms with Crippen LogP contribution in [-0.4, -0.2) is 39.5 Å². The van der Waals surface area contributed by atoms with Crippen molar-refractivity contribution in [3.63, 3.8) is 0 Å². The van der Waals surface area contributed by atoms with Crippen molar-refractivity contribution in [1.82, 2.24) is 25.3 Å². The minimum Gasteiger partial charge on any atom is -0.467 e. The Balaban J connectivity index is 1.76. The molecular weight excluding hydrogens is 473 g/mol. The monoisotopic (exact) mass is 488 g/mol. The number of nitrogens with zero attached hydrogens (tertiary/aromatic N) is 3. The Morgan fingerprint density at radius 1 is 1.21 bits per heavy atom. The molecule has 174 valence electrons. The van der Waals surface area contributed by atoms with Gasteiger partial charge < -0.3 is 20.4 Å². The first-order valence-electron chi connectivity index (χ1n) is 10.1. The maximum absolute atomic E-state index is 13.8. The van der Waals surface area contributed by atoms with Gasteiger partial charge in [0.15, 0.2) is 0 Å². The Kier molecular flexibility index (Phi) is 5.28. The smallest absolute Gasteiger partial charge is 0.419 e. The minimum absolute atomic E-state index is 0.0968. The van der Waals surface area contributed by atoms with E-state index in [0.717, 1.165) is 6.07 Å². The van der Waals surface area contributed by atoms with Crippen molar-refractivity contribution in [1.29, 1.82) is 0 Å². The maximum atomic E-state index is 13.8. The fraction of sp³-hybridized carbons (Fsp3) is 0.182. The normalized spacial score (nSPS) is 13.5. The number of aromatic nitrogens is 4. The van der Waals surface area contributed by atoms with Crippen molar-refractivity contribution in [2.24, 2.45) is 0 Å². The van der Waals surface area contributed by atoms with Crippen LogP contribution in [0.4, 0.5) is 24.5 Å². The first kappa shape index (κ1) is 22.0. The summed E-state index contributed by atoms with van der Waals surface area (Å²) < 4.78 is 46.6. The second kappa shape index (κ2) is 8.17. The standard InChI is InChI=1S/C22H16ClF3N6O2/c1-34-21-29-9-14-17(32-21)10(5-7-27-14)18-19(15-12(30-18)6-8-28-20(15)33)31-13-4-2-3-11(23)16(13)22(24,25)26/h2-5,7,9,30-31H,6,8H2,1H3,(H,28,33). The van der Waals surface area contributed by atoms with E-state index in [-0.39, 0.29) is 22.9 Å². The van der Waals surface area contributed by atoms with Crippen molar-refractivity contribution < 1.29 is 22.7 Å². The molecule has 1 aromatic carbocycles. The highest BCUT2D eigenvalue weighted by Gasteiger charge is 2.37. The molecule has 0 spiro atoms. The van der Waals surface area contributed by atoms with Gasteiger partial charge in [-0.3, -0.25) is 9.78 Å². The van der Waals surface area contributed by atoms with Crippen LogP contribution in [0.2, 0.25) is 5.02 Å². The summed E-state index contributed by atoms with van der Waals surface area (Å²) >= 11 is 5.91. The van der Waals surface area contributed by atoms with E-state index in [0.29, 0.717) is 41.0 Å². The molecular formula is C22H16ClF3N6O2. The number of nitrogens with one attached hydrogen (secondary N) is 3. The summed E-state index contributed by atoms with van der Waals surface area (Å²) in [6.07, 6.45) is -1.24. The molecule has 0 unspecified atom stereocenters. The van der Waals surface area contributed by atoms with Crippen LogP contribution in [0, 0.1) is 0 Å². The van der Waals surface area contributed by atoms with Crippen LogP contribution >= 0.6 is 11.6 Å². The highest BCUT2D eigenvalue weighted by molar-refractivity contribution is 6.32. The van der Waals surface area contributed by atoms with Gasteiger partial charge in [0.1, 0.15) is 11.0 Å². The van der Waals surface area contributed by atoms with Crippen molar-refractivity contribution in [2.45, 2.75) is 12.6 Å². The predicted octanol–water partition coefficient (Wildman–Crippen LogP) is 4.73. The average molecular weight is 489 g/mol. The lowest BCUT2D eigenvalue weighted by Crippen LogP contribution is -2.31. The molecule has 0 aliphatic carbocycles. The Hall–Kier alpha value is -3.86. The Morgan fingerprint density at radius 2 is 2.03 bits per heavy atom. The summed E-state index contributed by atoms with van der Waals surface area (Å²) in [5.74, 6) is -0.410. The zero-order chi connectivity index (χ0) is 24.0. The number of ether oxygens (including phenoxy) is 1. The van der Waals surface area contributed by atoms with Crippen molar-refractivity contribution in [3.05, 3.63) is 58.5 Å². The Bertz CT molecular complexity index is 1440. The molecule has 3 N–H and O–H groups in total. The fourth-order valence-electron chi connectivity index (χ4n) is 3.98. The van der Waals surface area contributed by atoms with Crippen LogP contribution in [0.5, 0.6) is 6.01 Å². The molecule has 1 aliphatic rings. The number of aromatic amines is 1. The zero-order valence-corrected chi connectivity index (χ0v) is 18.3. The molecule has 5 rings (SSSR count). The van der Waals surface area contributed by atoms with Crippen LogP contribution < -0.4 is 15.4 Å². The van der Waals surface area contributed by atoms with Gasteiger partial charge in [-0.1, -0.05) is 17.7 Å². The summed E-state index contributed by atoms with van der Waals surface area (Å²) in [6, 6.07) is 5.57. The second-order valence-corrected chi connectivity index (χ2v) is 7.88. The lowest BCUT2D eigenvalue weighted by atomic mass is 10.0. The van der Waals surface area contributed by atoms with E-state index in [1.54, 1.807) is 6.07 Å². The van der Waals surface area contributed by atoms with Crippen LogP contribution in [0.3, 0.4) is 0 Å². The first-order chi connectivity index (χ1) is 16.3. The number of pyridine rings is 1. The van der Waals surface area contributed by atoms with Crippen molar-refractivity contribution >= 4 is 39.9 Å². The number of hydrogen-bond acceptors (Lipinski definition) is 6. The molecule has 12 heteroatoms. The van der Waals surface area contributed by atoms with E-state index in [1.165, 1.54) is 31.6 Å². The van der Waals surface area contributed by atoms with Crippen LogP contribution in [0.1, 0.15) is 21.6 Å². The highest BCUT2D eigenvalue weighted by atomic mass is 35.5. The van der Waals surface area contributed by atoms with E-state index < -0.39 is 22.7 Å². The molecule has 0 bridgehead atoms. The van der Waals surface area contributed by atoms with Crippen LogP contribution in [0.15, 0.2) is 36.7 Å². The molecule has 3 aromatic heterocycles. The molecule has 1 aliphatic heterocycles. The van der Waals surface area contributed by atoms with Gasteiger partial charge >= 0.3 is 12.2 Å². The second-order valence-electron chi connectivity index (χ2n) is 7.47. The van der Waals surface area contributed by atoms with E-state index in [9.17, 15) is 18.0 Å². The number of fused-ring (bicyclic) bond motifs is 2. The first-order valence-corrected chi connectivity index (χ1v) is 10.5. The molecule has 4 aromatic rings. The predicted molar refractivity (Wildman–Crippen MR) is 119 cm³/mol. The summed E-state index contributed by atoms with van der Waals surface area (Å²) in [4.78, 5) is 28.7. The molecule has 0 fully saturated rings. The summed E-state index contributed by atoms with van der Waals surface area (Å²) in [7, 11) is 1.42. The van der Waals surface area contributed by atoms with Crippen LogP contribution in [-0.2, 0) is 12.6 Å². The number of rotatable bonds is 4. The Morgan fingerprint density at radius 3 is 2.79 bits per heavy atom. The highest BCUT2D eigenvalue weighted by Crippen LogP contribution is 2.44. The fourth-order valence-corrected chi connectivity index (χ4v) is 4.26. The molecule has 0 radical (unpaired) electrons. The number of anilines is 2. The van der Waals surface area contributed by atoms with Gasteiger partial charge in [0.25, 0.3) is 5.91 Å². The van der Waals surface area contributed by atoms with E-state index in [4.69, 9.17) is 16.3 Å². The lowest BCUT2D eigenvalue weighted by molar-refractivity contribution is -0.136. The van der Waals surface area contributed by atoms with E-state index in [1.807, 2.05) is 0 Å². The molecule has 1 amide bonds. The zero-order valence-electron chi connectivity index (χ0n) is 17.5. The summed E-state index contributed by atoms with van der Waals surface area (Å²) in [5.41, 5.74) is 1.39.